The summed E-state index contributed by atoms with van der Waals surface area (Å²) >= 11 is 0. The van der Waals surface area contributed by atoms with Crippen LogP contribution in [-0.2, 0) is 16.8 Å². The number of amides is 1. The zero-order valence-electron chi connectivity index (χ0n) is 26.4. The number of aryl methyl sites for hydroxylation is 1. The fourth-order valence-corrected chi connectivity index (χ4v) is 5.94. The van der Waals surface area contributed by atoms with Gasteiger partial charge in [-0.25, -0.2) is 4.98 Å². The van der Waals surface area contributed by atoms with E-state index in [4.69, 9.17) is 9.72 Å². The normalized spacial score (nSPS) is 14.7. The van der Waals surface area contributed by atoms with Crippen LogP contribution in [0.5, 0.6) is 5.75 Å². The molecule has 7 nitrogen and oxygen atoms in total. The lowest BCUT2D eigenvalue weighted by molar-refractivity contribution is -0.137. The van der Waals surface area contributed by atoms with Crippen molar-refractivity contribution in [3.8, 4) is 5.75 Å². The van der Waals surface area contributed by atoms with Crippen LogP contribution >= 0.6 is 0 Å². The molecular weight excluding hydrogens is 510 g/mol. The Balaban J connectivity index is 1.67. The lowest BCUT2D eigenvalue weighted by Gasteiger charge is -2.34. The molecule has 0 bridgehead atoms. The quantitative estimate of drug-likeness (QED) is 0.242. The Kier molecular flexibility index (Phi) is 10.3. The van der Waals surface area contributed by atoms with Crippen LogP contribution in [-0.4, -0.2) is 65.1 Å². The van der Waals surface area contributed by atoms with E-state index in [1.54, 1.807) is 7.11 Å². The van der Waals surface area contributed by atoms with Crippen molar-refractivity contribution >= 4 is 28.6 Å². The number of benzene rings is 2. The Hall–Kier alpha value is -3.06. The summed E-state index contributed by atoms with van der Waals surface area (Å²) in [6.45, 7) is 18.7. The Morgan fingerprint density at radius 1 is 1.00 bits per heavy atom. The molecule has 2 heterocycles. The number of hydrogen-bond donors (Lipinski definition) is 1. The molecule has 41 heavy (non-hydrogen) atoms. The van der Waals surface area contributed by atoms with Gasteiger partial charge in [-0.3, -0.25) is 4.79 Å². The van der Waals surface area contributed by atoms with Crippen LogP contribution in [0.4, 0.5) is 11.6 Å². The molecule has 1 N–H and O–H groups in total. The molecule has 2 aromatic carbocycles. The summed E-state index contributed by atoms with van der Waals surface area (Å²) in [5, 5.41) is 3.55. The van der Waals surface area contributed by atoms with E-state index in [0.717, 1.165) is 66.6 Å². The minimum atomic E-state index is -0.652. The minimum Gasteiger partial charge on any atom is -0.497 e. The number of anilines is 2. The summed E-state index contributed by atoms with van der Waals surface area (Å²) in [6.07, 6.45) is 4.99. The number of carbonyl (C=O) groups excluding carboxylic acids is 1. The van der Waals surface area contributed by atoms with Gasteiger partial charge in [0.2, 0.25) is 11.9 Å². The zero-order valence-corrected chi connectivity index (χ0v) is 26.4. The van der Waals surface area contributed by atoms with Crippen molar-refractivity contribution in [2.24, 2.45) is 11.8 Å². The van der Waals surface area contributed by atoms with E-state index < -0.39 is 5.41 Å². The number of nitrogens with zero attached hydrogens (tertiary/aromatic N) is 4. The summed E-state index contributed by atoms with van der Waals surface area (Å²) in [7, 11) is 1.68. The van der Waals surface area contributed by atoms with Gasteiger partial charge in [-0.05, 0) is 94.4 Å². The third-order valence-corrected chi connectivity index (χ3v) is 8.09. The highest BCUT2D eigenvalue weighted by Crippen LogP contribution is 2.32. The fourth-order valence-electron chi connectivity index (χ4n) is 5.94. The van der Waals surface area contributed by atoms with Gasteiger partial charge in [0.1, 0.15) is 5.75 Å². The summed E-state index contributed by atoms with van der Waals surface area (Å²) < 4.78 is 7.74. The van der Waals surface area contributed by atoms with E-state index >= 15 is 0 Å². The van der Waals surface area contributed by atoms with Crippen molar-refractivity contribution in [2.75, 3.05) is 45.2 Å². The number of methoxy groups -OCH3 is 1. The number of carbonyl (C=O) groups is 1. The second-order valence-corrected chi connectivity index (χ2v) is 13.0. The number of hydrogen-bond acceptors (Lipinski definition) is 5. The molecule has 1 aromatic heterocycles. The van der Waals surface area contributed by atoms with Crippen molar-refractivity contribution in [3.05, 3.63) is 48.0 Å². The predicted octanol–water partition coefficient (Wildman–Crippen LogP) is 7.08. The first-order valence-corrected chi connectivity index (χ1v) is 15.5. The standard InChI is InChI=1S/C34H51N5O2/c1-25(2)23-38(24-26(3)4)32(40)34(5,6)27-15-16-30-31(21-27)39(20-12-19-37-17-9-8-10-18-37)33(36-30)35-28-13-11-14-29(22-28)41-7/h11,13-16,21-22,25-26H,8-10,12,17-20,23-24H2,1-7H3,(H,35,36). The minimum absolute atomic E-state index is 0.185. The van der Waals surface area contributed by atoms with Crippen LogP contribution in [0.3, 0.4) is 0 Å². The molecule has 0 saturated carbocycles. The van der Waals surface area contributed by atoms with Crippen molar-refractivity contribution < 1.29 is 9.53 Å². The Morgan fingerprint density at radius 2 is 1.71 bits per heavy atom. The number of nitrogens with one attached hydrogen (secondary N) is 1. The molecule has 1 saturated heterocycles. The maximum absolute atomic E-state index is 14.0. The summed E-state index contributed by atoms with van der Waals surface area (Å²) in [5.41, 5.74) is 3.30. The largest absolute Gasteiger partial charge is 0.497 e. The molecular formula is C34H51N5O2. The average Bonchev–Trinajstić information content (AvgIpc) is 3.28. The second kappa shape index (κ2) is 13.7. The van der Waals surface area contributed by atoms with E-state index in [1.165, 1.54) is 32.4 Å². The Bertz CT molecular complexity index is 1280. The maximum Gasteiger partial charge on any atom is 0.232 e. The van der Waals surface area contributed by atoms with E-state index in [0.29, 0.717) is 11.8 Å². The molecule has 1 aliphatic heterocycles. The van der Waals surface area contributed by atoms with Crippen LogP contribution in [0.2, 0.25) is 0 Å². The first-order chi connectivity index (χ1) is 19.6. The molecule has 1 fully saturated rings. The van der Waals surface area contributed by atoms with E-state index in [9.17, 15) is 4.79 Å². The molecule has 3 aromatic rings. The van der Waals surface area contributed by atoms with Crippen molar-refractivity contribution in [1.29, 1.82) is 0 Å². The molecule has 0 atom stereocenters. The molecule has 4 rings (SSSR count). The van der Waals surface area contributed by atoms with Crippen LogP contribution in [0.15, 0.2) is 42.5 Å². The number of likely N-dealkylation sites (tertiary alicyclic amines) is 1. The first kappa shape index (κ1) is 30.9. The van der Waals surface area contributed by atoms with Gasteiger partial charge in [-0.2, -0.15) is 0 Å². The van der Waals surface area contributed by atoms with Gasteiger partial charge in [-0.15, -0.1) is 0 Å². The molecule has 0 aliphatic carbocycles. The second-order valence-electron chi connectivity index (χ2n) is 13.0. The Morgan fingerprint density at radius 3 is 2.37 bits per heavy atom. The first-order valence-electron chi connectivity index (χ1n) is 15.5. The molecule has 224 valence electrons. The van der Waals surface area contributed by atoms with Gasteiger partial charge < -0.3 is 24.4 Å². The number of fused-ring (bicyclic) bond motifs is 1. The Labute approximate surface area is 247 Å². The third kappa shape index (κ3) is 7.82. The van der Waals surface area contributed by atoms with Gasteiger partial charge in [0.05, 0.1) is 23.6 Å². The molecule has 1 amide bonds. The highest BCUT2D eigenvalue weighted by molar-refractivity contribution is 5.89. The number of piperidine rings is 1. The lowest BCUT2D eigenvalue weighted by atomic mass is 9.82. The molecule has 0 radical (unpaired) electrons. The van der Waals surface area contributed by atoms with Gasteiger partial charge in [0.25, 0.3) is 0 Å². The highest BCUT2D eigenvalue weighted by Gasteiger charge is 2.35. The predicted molar refractivity (Wildman–Crippen MR) is 170 cm³/mol. The van der Waals surface area contributed by atoms with Crippen molar-refractivity contribution in [3.63, 3.8) is 0 Å². The molecule has 0 unspecified atom stereocenters. The van der Waals surface area contributed by atoms with E-state index in [2.05, 4.69) is 79.4 Å². The highest BCUT2D eigenvalue weighted by atomic mass is 16.5. The molecule has 0 spiro atoms. The maximum atomic E-state index is 14.0. The lowest BCUT2D eigenvalue weighted by Crippen LogP contribution is -2.46. The van der Waals surface area contributed by atoms with E-state index in [1.807, 2.05) is 24.3 Å². The molecule has 7 heteroatoms. The monoisotopic (exact) mass is 561 g/mol. The molecule has 1 aliphatic rings. The zero-order chi connectivity index (χ0) is 29.6. The number of rotatable bonds is 13. The van der Waals surface area contributed by atoms with Crippen molar-refractivity contribution in [1.82, 2.24) is 19.4 Å². The summed E-state index contributed by atoms with van der Waals surface area (Å²) in [6, 6.07) is 14.3. The van der Waals surface area contributed by atoms with Gasteiger partial charge in [-0.1, -0.05) is 46.2 Å². The van der Waals surface area contributed by atoms with Gasteiger partial charge in [0.15, 0.2) is 0 Å². The number of ether oxygens (including phenoxy) is 1. The average molecular weight is 562 g/mol. The number of aromatic nitrogens is 2. The van der Waals surface area contributed by atoms with Crippen LogP contribution in [0.25, 0.3) is 11.0 Å². The smallest absolute Gasteiger partial charge is 0.232 e. The third-order valence-electron chi connectivity index (χ3n) is 8.09. The SMILES string of the molecule is COc1cccc(Nc2nc3ccc(C(C)(C)C(=O)N(CC(C)C)CC(C)C)cc3n2CCCN2CCCCC2)c1. The summed E-state index contributed by atoms with van der Waals surface area (Å²) in [4.78, 5) is 23.6. The topological polar surface area (TPSA) is 62.6 Å². The van der Waals surface area contributed by atoms with Gasteiger partial charge >= 0.3 is 0 Å². The van der Waals surface area contributed by atoms with Crippen LogP contribution in [0.1, 0.15) is 72.8 Å². The van der Waals surface area contributed by atoms with Crippen LogP contribution in [0, 0.1) is 11.8 Å². The van der Waals surface area contributed by atoms with E-state index in [-0.39, 0.29) is 5.91 Å². The number of imidazole rings is 1. The van der Waals surface area contributed by atoms with Crippen molar-refractivity contribution in [2.45, 2.75) is 79.2 Å². The fraction of sp³-hybridized carbons (Fsp3) is 0.588. The van der Waals surface area contributed by atoms with Gasteiger partial charge in [0, 0.05) is 31.4 Å². The summed E-state index contributed by atoms with van der Waals surface area (Å²) in [5.74, 6) is 2.64. The van der Waals surface area contributed by atoms with Crippen LogP contribution < -0.4 is 10.1 Å².